The normalized spacial score (nSPS) is 16.5. The molecule has 184 valence electrons. The van der Waals surface area contributed by atoms with Crippen molar-refractivity contribution in [1.29, 1.82) is 0 Å². The van der Waals surface area contributed by atoms with Crippen LogP contribution in [0, 0.1) is 6.92 Å². The van der Waals surface area contributed by atoms with Gasteiger partial charge in [0.1, 0.15) is 0 Å². The Morgan fingerprint density at radius 3 is 2.53 bits per heavy atom. The molecule has 0 amide bonds. The maximum absolute atomic E-state index is 13.4. The topological polar surface area (TPSA) is 47.4 Å². The summed E-state index contributed by atoms with van der Waals surface area (Å²) in [6.07, 6.45) is 2.79. The van der Waals surface area contributed by atoms with Gasteiger partial charge < -0.3 is 4.74 Å². The van der Waals surface area contributed by atoms with Crippen molar-refractivity contribution in [3.8, 4) is 11.1 Å². The van der Waals surface area contributed by atoms with E-state index in [0.717, 1.165) is 72.5 Å². The van der Waals surface area contributed by atoms with Crippen molar-refractivity contribution in [2.75, 3.05) is 32.8 Å². The molecular weight excluding hydrogens is 446 g/mol. The van der Waals surface area contributed by atoms with Crippen LogP contribution < -0.4 is 0 Å². The van der Waals surface area contributed by atoms with Gasteiger partial charge in [0.2, 0.25) is 0 Å². The summed E-state index contributed by atoms with van der Waals surface area (Å²) in [5.74, 6) is 0.695. The number of ketones is 1. The lowest BCUT2D eigenvalue weighted by Gasteiger charge is -2.26. The average molecular weight is 480 g/mol. The third kappa shape index (κ3) is 4.86. The van der Waals surface area contributed by atoms with E-state index in [0.29, 0.717) is 12.3 Å². The van der Waals surface area contributed by atoms with Gasteiger partial charge in [-0.05, 0) is 60.2 Å². The average Bonchev–Trinajstić information content (AvgIpc) is 3.70. The van der Waals surface area contributed by atoms with E-state index in [1.54, 1.807) is 0 Å². The maximum Gasteiger partial charge on any atom is 0.167 e. The lowest BCUT2D eigenvalue weighted by Crippen LogP contribution is -2.38. The summed E-state index contributed by atoms with van der Waals surface area (Å²) in [6.45, 7) is 7.52. The highest BCUT2D eigenvalue weighted by Gasteiger charge is 2.29. The van der Waals surface area contributed by atoms with Crippen LogP contribution in [0.25, 0.3) is 22.0 Å². The van der Waals surface area contributed by atoms with Crippen LogP contribution in [0.15, 0.2) is 66.7 Å². The Labute approximate surface area is 212 Å². The summed E-state index contributed by atoms with van der Waals surface area (Å²) >= 11 is 0. The van der Waals surface area contributed by atoms with Crippen LogP contribution in [0.5, 0.6) is 0 Å². The van der Waals surface area contributed by atoms with Crippen molar-refractivity contribution in [2.24, 2.45) is 0 Å². The Hall–Kier alpha value is -3.28. The van der Waals surface area contributed by atoms with Crippen LogP contribution in [0.2, 0.25) is 0 Å². The van der Waals surface area contributed by atoms with E-state index < -0.39 is 0 Å². The number of fused-ring (bicyclic) bond motifs is 1. The number of aryl methyl sites for hydroxylation is 1. The Bertz CT molecular complexity index is 1380. The number of carbonyl (C=O) groups excluding carboxylic acids is 1. The van der Waals surface area contributed by atoms with Crippen LogP contribution in [0.1, 0.15) is 45.9 Å². The molecule has 0 unspecified atom stereocenters. The van der Waals surface area contributed by atoms with Crippen LogP contribution in [0.4, 0.5) is 0 Å². The number of hydrogen-bond acceptors (Lipinski definition) is 4. The highest BCUT2D eigenvalue weighted by atomic mass is 16.5. The Morgan fingerprint density at radius 2 is 1.75 bits per heavy atom. The van der Waals surface area contributed by atoms with Crippen LogP contribution in [0.3, 0.4) is 0 Å². The number of hydrogen-bond donors (Lipinski definition) is 0. The fourth-order valence-electron chi connectivity index (χ4n) is 5.21. The Morgan fingerprint density at radius 1 is 0.944 bits per heavy atom. The molecule has 5 nitrogen and oxygen atoms in total. The van der Waals surface area contributed by atoms with Crippen molar-refractivity contribution in [1.82, 2.24) is 14.7 Å². The van der Waals surface area contributed by atoms with E-state index in [4.69, 9.17) is 9.84 Å². The summed E-state index contributed by atoms with van der Waals surface area (Å²) in [5.41, 5.74) is 7.65. The lowest BCUT2D eigenvalue weighted by atomic mass is 9.94. The molecule has 3 aromatic carbocycles. The fraction of sp³-hybridized carbons (Fsp3) is 0.355. The maximum atomic E-state index is 13.4. The van der Waals surface area contributed by atoms with Crippen LogP contribution in [-0.2, 0) is 17.7 Å². The number of nitrogens with zero attached hydrogens (tertiary/aromatic N) is 3. The first-order chi connectivity index (χ1) is 17.7. The fourth-order valence-corrected chi connectivity index (χ4v) is 5.21. The van der Waals surface area contributed by atoms with Crippen molar-refractivity contribution >= 4 is 16.7 Å². The molecule has 1 aliphatic heterocycles. The van der Waals surface area contributed by atoms with Gasteiger partial charge in [0, 0.05) is 42.9 Å². The number of aromatic nitrogens is 2. The highest BCUT2D eigenvalue weighted by Crippen LogP contribution is 2.42. The van der Waals surface area contributed by atoms with Crippen LogP contribution in [-0.4, -0.2) is 53.3 Å². The van der Waals surface area contributed by atoms with Gasteiger partial charge in [-0.2, -0.15) is 5.10 Å². The summed E-state index contributed by atoms with van der Waals surface area (Å²) < 4.78 is 7.64. The molecular formula is C31H33N3O2. The molecule has 1 saturated heterocycles. The van der Waals surface area contributed by atoms with Crippen molar-refractivity contribution in [3.63, 3.8) is 0 Å². The monoisotopic (exact) mass is 479 g/mol. The molecule has 0 bridgehead atoms. The first kappa shape index (κ1) is 23.1. The van der Waals surface area contributed by atoms with Gasteiger partial charge in [-0.15, -0.1) is 0 Å². The summed E-state index contributed by atoms with van der Waals surface area (Å²) in [6, 6.07) is 23.0. The molecule has 36 heavy (non-hydrogen) atoms. The molecule has 0 atom stereocenters. The number of Topliss-reactive ketones (excluding diaryl/α,β-unsaturated/α-hetero) is 1. The second kappa shape index (κ2) is 10.00. The van der Waals surface area contributed by atoms with E-state index in [1.807, 2.05) is 24.3 Å². The molecule has 2 heterocycles. The Kier molecular flexibility index (Phi) is 6.43. The smallest absolute Gasteiger partial charge is 0.167 e. The predicted octanol–water partition coefficient (Wildman–Crippen LogP) is 5.65. The van der Waals surface area contributed by atoms with Gasteiger partial charge in [-0.1, -0.05) is 48.5 Å². The lowest BCUT2D eigenvalue weighted by molar-refractivity contribution is 0.0361. The van der Waals surface area contributed by atoms with E-state index in [1.165, 1.54) is 24.1 Å². The molecule has 0 spiro atoms. The largest absolute Gasteiger partial charge is 0.379 e. The Balaban J connectivity index is 1.25. The number of ether oxygens (including phenoxy) is 1. The van der Waals surface area contributed by atoms with Gasteiger partial charge in [0.25, 0.3) is 0 Å². The zero-order valence-corrected chi connectivity index (χ0v) is 21.0. The molecule has 2 aliphatic rings. The minimum absolute atomic E-state index is 0.160. The summed E-state index contributed by atoms with van der Waals surface area (Å²) in [4.78, 5) is 15.9. The third-order valence-electron chi connectivity index (χ3n) is 7.60. The van der Waals surface area contributed by atoms with Crippen molar-refractivity contribution in [3.05, 3.63) is 89.1 Å². The third-order valence-corrected chi connectivity index (χ3v) is 7.60. The number of rotatable bonds is 8. The molecule has 5 heteroatoms. The zero-order valence-electron chi connectivity index (χ0n) is 21.0. The minimum atomic E-state index is 0.160. The van der Waals surface area contributed by atoms with Crippen molar-refractivity contribution in [2.45, 2.75) is 38.6 Å². The molecule has 1 aromatic heterocycles. The quantitative estimate of drug-likeness (QED) is 0.307. The predicted molar refractivity (Wildman–Crippen MR) is 144 cm³/mol. The number of benzene rings is 3. The van der Waals surface area contributed by atoms with E-state index in [-0.39, 0.29) is 5.78 Å². The van der Waals surface area contributed by atoms with E-state index >= 15 is 0 Å². The molecule has 4 aromatic rings. The van der Waals surface area contributed by atoms with E-state index in [9.17, 15) is 4.79 Å². The van der Waals surface area contributed by atoms with Gasteiger partial charge in [0.05, 0.1) is 31.0 Å². The standard InChI is InChI=1S/C31H33N3O2/c1-22-7-8-25(23-5-3-2-4-6-23)19-27(22)21-30(35)26-11-12-29-28(20-26)31(24-9-10-24)32-34(29)14-13-33-15-17-36-18-16-33/h2-8,11-12,19-20,24H,9-10,13-18,21H2,1H3. The van der Waals surface area contributed by atoms with Gasteiger partial charge in [-0.3, -0.25) is 14.4 Å². The molecule has 1 aliphatic carbocycles. The first-order valence-electron chi connectivity index (χ1n) is 13.1. The minimum Gasteiger partial charge on any atom is -0.379 e. The van der Waals surface area contributed by atoms with Crippen molar-refractivity contribution < 1.29 is 9.53 Å². The first-order valence-corrected chi connectivity index (χ1v) is 13.1. The number of carbonyl (C=O) groups is 1. The van der Waals surface area contributed by atoms with Gasteiger partial charge in [0.15, 0.2) is 5.78 Å². The molecule has 0 N–H and O–H groups in total. The molecule has 1 saturated carbocycles. The van der Waals surface area contributed by atoms with Gasteiger partial charge in [-0.25, -0.2) is 0 Å². The SMILES string of the molecule is Cc1ccc(-c2ccccc2)cc1CC(=O)c1ccc2c(c1)c(C1CC1)nn2CCN1CCOCC1. The molecule has 6 rings (SSSR count). The van der Waals surface area contributed by atoms with E-state index in [2.05, 4.69) is 59.0 Å². The highest BCUT2D eigenvalue weighted by molar-refractivity contribution is 6.01. The van der Waals surface area contributed by atoms with Gasteiger partial charge >= 0.3 is 0 Å². The second-order valence-corrected chi connectivity index (χ2v) is 10.2. The molecule has 2 fully saturated rings. The summed E-state index contributed by atoms with van der Waals surface area (Å²) in [5, 5.41) is 6.18. The molecule has 0 radical (unpaired) electrons. The number of morpholine rings is 1. The zero-order chi connectivity index (χ0) is 24.5. The van der Waals surface area contributed by atoms with Crippen LogP contribution >= 0.6 is 0 Å². The second-order valence-electron chi connectivity index (χ2n) is 10.2. The summed E-state index contributed by atoms with van der Waals surface area (Å²) in [7, 11) is 0.